The largest absolute Gasteiger partial charge is 0.450 e. The highest BCUT2D eigenvalue weighted by Gasteiger charge is 2.07. The Hall–Kier alpha value is -0.960. The summed E-state index contributed by atoms with van der Waals surface area (Å²) in [7, 11) is 0. The third kappa shape index (κ3) is 2.34. The van der Waals surface area contributed by atoms with Crippen LogP contribution in [-0.4, -0.2) is 6.26 Å². The van der Waals surface area contributed by atoms with E-state index in [0.29, 0.717) is 5.56 Å². The van der Waals surface area contributed by atoms with Gasteiger partial charge in [-0.1, -0.05) is 25.6 Å². The summed E-state index contributed by atoms with van der Waals surface area (Å²) in [6.07, 6.45) is 1.93. The summed E-state index contributed by atoms with van der Waals surface area (Å²) in [4.78, 5) is 0. The fraction of sp³-hybridized carbons (Fsp3) is 0.333. The Morgan fingerprint density at radius 2 is 1.93 bits per heavy atom. The Morgan fingerprint density at radius 1 is 1.27 bits per heavy atom. The average Bonchev–Trinajstić information content (AvgIpc) is 2.70. The molecule has 0 saturated heterocycles. The first-order valence-corrected chi connectivity index (χ1v) is 6.17. The zero-order valence-corrected chi connectivity index (χ0v) is 10.2. The van der Waals surface area contributed by atoms with E-state index in [1.165, 1.54) is 17.8 Å². The molecular formula is C12H15FOS. The minimum atomic E-state index is -0.180. The van der Waals surface area contributed by atoms with Gasteiger partial charge < -0.3 is 4.42 Å². The van der Waals surface area contributed by atoms with E-state index < -0.39 is 0 Å². The number of aryl methyl sites for hydroxylation is 1. The van der Waals surface area contributed by atoms with Crippen molar-refractivity contribution in [3.05, 3.63) is 29.6 Å². The van der Waals surface area contributed by atoms with Gasteiger partial charge in [0.05, 0.1) is 0 Å². The van der Waals surface area contributed by atoms with Gasteiger partial charge in [0.2, 0.25) is 0 Å². The molecule has 1 aromatic carbocycles. The number of thioether (sulfide) groups is 1. The van der Waals surface area contributed by atoms with Crippen LogP contribution in [0.4, 0.5) is 4.39 Å². The maximum Gasteiger partial charge on any atom is 0.161 e. The second-order valence-corrected chi connectivity index (χ2v) is 3.66. The van der Waals surface area contributed by atoms with E-state index in [9.17, 15) is 4.39 Å². The van der Waals surface area contributed by atoms with Gasteiger partial charge in [-0.2, -0.15) is 0 Å². The van der Waals surface area contributed by atoms with Gasteiger partial charge in [-0.25, -0.2) is 4.39 Å². The molecule has 0 aliphatic heterocycles. The van der Waals surface area contributed by atoms with Crippen molar-refractivity contribution in [1.29, 1.82) is 0 Å². The van der Waals surface area contributed by atoms with Crippen LogP contribution in [0.5, 0.6) is 0 Å². The van der Waals surface area contributed by atoms with Crippen molar-refractivity contribution in [3.63, 3.8) is 0 Å². The van der Waals surface area contributed by atoms with Crippen LogP contribution in [0.15, 0.2) is 27.7 Å². The lowest BCUT2D eigenvalue weighted by molar-refractivity contribution is 0.515. The molecule has 0 aliphatic rings. The molecule has 0 atom stereocenters. The first-order valence-electron chi connectivity index (χ1n) is 4.95. The minimum absolute atomic E-state index is 0.180. The standard InChI is InChI=1S/C10H9FOS.C2H6/c1-6-7-5-10(13-2)12-9(7)4-3-8(6)11;1-2/h3-5H,1-2H3;1-2H3. The molecule has 0 N–H and O–H groups in total. The average molecular weight is 226 g/mol. The van der Waals surface area contributed by atoms with Crippen LogP contribution < -0.4 is 0 Å². The third-order valence-electron chi connectivity index (χ3n) is 2.08. The molecule has 3 heteroatoms. The number of furan rings is 1. The Labute approximate surface area is 93.7 Å². The molecule has 0 radical (unpaired) electrons. The number of halogens is 1. The van der Waals surface area contributed by atoms with E-state index in [1.54, 1.807) is 13.0 Å². The summed E-state index contributed by atoms with van der Waals surface area (Å²) in [5.74, 6) is -0.180. The second kappa shape index (κ2) is 5.21. The third-order valence-corrected chi connectivity index (χ3v) is 2.69. The molecule has 1 heterocycles. The van der Waals surface area contributed by atoms with Gasteiger partial charge >= 0.3 is 0 Å². The van der Waals surface area contributed by atoms with E-state index in [-0.39, 0.29) is 5.82 Å². The predicted octanol–water partition coefficient (Wildman–Crippen LogP) is 4.63. The molecule has 82 valence electrons. The maximum absolute atomic E-state index is 13.1. The molecule has 0 amide bonds. The smallest absolute Gasteiger partial charge is 0.161 e. The number of hydrogen-bond acceptors (Lipinski definition) is 2. The Bertz CT molecular complexity index is 448. The van der Waals surface area contributed by atoms with Crippen LogP contribution in [-0.2, 0) is 0 Å². The summed E-state index contributed by atoms with van der Waals surface area (Å²) in [6, 6.07) is 4.97. The molecule has 0 bridgehead atoms. The van der Waals surface area contributed by atoms with Gasteiger partial charge in [0, 0.05) is 5.39 Å². The van der Waals surface area contributed by atoms with Crippen LogP contribution in [0, 0.1) is 12.7 Å². The van der Waals surface area contributed by atoms with E-state index in [2.05, 4.69) is 0 Å². The van der Waals surface area contributed by atoms with Crippen molar-refractivity contribution in [3.8, 4) is 0 Å². The van der Waals surface area contributed by atoms with Crippen LogP contribution in [0.25, 0.3) is 11.0 Å². The molecule has 1 aromatic heterocycles. The molecule has 0 saturated carbocycles. The van der Waals surface area contributed by atoms with Crippen LogP contribution in [0.3, 0.4) is 0 Å². The summed E-state index contributed by atoms with van der Waals surface area (Å²) in [6.45, 7) is 5.76. The highest BCUT2D eigenvalue weighted by molar-refractivity contribution is 7.98. The van der Waals surface area contributed by atoms with E-state index in [4.69, 9.17) is 4.42 Å². The summed E-state index contributed by atoms with van der Waals surface area (Å²) < 4.78 is 18.6. The second-order valence-electron chi connectivity index (χ2n) is 2.85. The van der Waals surface area contributed by atoms with E-state index >= 15 is 0 Å². The Balaban J connectivity index is 0.000000531. The van der Waals surface area contributed by atoms with Gasteiger partial charge in [-0.05, 0) is 36.9 Å². The Kier molecular flexibility index (Phi) is 4.21. The highest BCUT2D eigenvalue weighted by Crippen LogP contribution is 2.28. The first kappa shape index (κ1) is 12.1. The zero-order chi connectivity index (χ0) is 11.4. The lowest BCUT2D eigenvalue weighted by Crippen LogP contribution is -1.80. The molecule has 1 nitrogen and oxygen atoms in total. The van der Waals surface area contributed by atoms with Crippen molar-refractivity contribution in [2.24, 2.45) is 0 Å². The minimum Gasteiger partial charge on any atom is -0.450 e. The molecule has 15 heavy (non-hydrogen) atoms. The zero-order valence-electron chi connectivity index (χ0n) is 9.43. The number of fused-ring (bicyclic) bond motifs is 1. The lowest BCUT2D eigenvalue weighted by Gasteiger charge is -1.94. The summed E-state index contributed by atoms with van der Waals surface area (Å²) in [5, 5.41) is 1.69. The molecule has 0 spiro atoms. The number of rotatable bonds is 1. The molecule has 2 rings (SSSR count). The quantitative estimate of drug-likeness (QED) is 0.658. The van der Waals surface area contributed by atoms with Gasteiger partial charge in [0.1, 0.15) is 11.4 Å². The highest BCUT2D eigenvalue weighted by atomic mass is 32.2. The first-order chi connectivity index (χ1) is 7.22. The Morgan fingerprint density at radius 3 is 2.53 bits per heavy atom. The fourth-order valence-electron chi connectivity index (χ4n) is 1.30. The van der Waals surface area contributed by atoms with E-state index in [0.717, 1.165) is 16.1 Å². The number of benzene rings is 1. The van der Waals surface area contributed by atoms with Crippen LogP contribution in [0.1, 0.15) is 19.4 Å². The normalized spacial score (nSPS) is 9.93. The van der Waals surface area contributed by atoms with Gasteiger partial charge in [0.15, 0.2) is 5.09 Å². The molecule has 0 aliphatic carbocycles. The van der Waals surface area contributed by atoms with E-state index in [1.807, 2.05) is 26.2 Å². The monoisotopic (exact) mass is 226 g/mol. The molecular weight excluding hydrogens is 211 g/mol. The lowest BCUT2D eigenvalue weighted by atomic mass is 10.1. The van der Waals surface area contributed by atoms with Crippen LogP contribution in [0.2, 0.25) is 0 Å². The van der Waals surface area contributed by atoms with Crippen molar-refractivity contribution < 1.29 is 8.81 Å². The fourth-order valence-corrected chi connectivity index (χ4v) is 1.71. The van der Waals surface area contributed by atoms with Crippen molar-refractivity contribution >= 4 is 22.7 Å². The summed E-state index contributed by atoms with van der Waals surface area (Å²) >= 11 is 1.52. The van der Waals surface area contributed by atoms with Crippen molar-refractivity contribution in [2.75, 3.05) is 6.26 Å². The maximum atomic E-state index is 13.1. The topological polar surface area (TPSA) is 13.1 Å². The van der Waals surface area contributed by atoms with Crippen molar-refractivity contribution in [1.82, 2.24) is 0 Å². The van der Waals surface area contributed by atoms with Gasteiger partial charge in [-0.15, -0.1) is 0 Å². The summed E-state index contributed by atoms with van der Waals surface area (Å²) in [5.41, 5.74) is 1.41. The molecule has 2 aromatic rings. The number of hydrogen-bond donors (Lipinski definition) is 0. The van der Waals surface area contributed by atoms with Crippen LogP contribution >= 0.6 is 11.8 Å². The molecule has 0 fully saturated rings. The molecule has 0 unspecified atom stereocenters. The van der Waals surface area contributed by atoms with Crippen molar-refractivity contribution in [2.45, 2.75) is 25.9 Å². The SMILES string of the molecule is CC.CSc1cc2c(C)c(F)ccc2o1. The van der Waals surface area contributed by atoms with Gasteiger partial charge in [0.25, 0.3) is 0 Å². The van der Waals surface area contributed by atoms with Gasteiger partial charge in [-0.3, -0.25) is 0 Å². The predicted molar refractivity (Wildman–Crippen MR) is 64.0 cm³/mol.